The molecule has 3 aliphatic rings. The topological polar surface area (TPSA) is 95.9 Å². The van der Waals surface area contributed by atoms with Crippen molar-refractivity contribution in [3.05, 3.63) is 72.4 Å². The van der Waals surface area contributed by atoms with Gasteiger partial charge in [-0.1, -0.05) is 69.0 Å². The van der Waals surface area contributed by atoms with Gasteiger partial charge >= 0.3 is 5.97 Å². The van der Waals surface area contributed by atoms with Crippen molar-refractivity contribution < 1.29 is 24.5 Å². The number of amides is 1. The third kappa shape index (κ3) is 4.69. The van der Waals surface area contributed by atoms with E-state index < -0.39 is 29.5 Å². The zero-order chi connectivity index (χ0) is 26.0. The van der Waals surface area contributed by atoms with E-state index >= 15 is 0 Å². The molecule has 1 spiro atoms. The van der Waals surface area contributed by atoms with Crippen LogP contribution in [0.25, 0.3) is 0 Å². The number of allylic oxidation sites excluding steroid dienone is 2. The molecule has 0 bridgehead atoms. The van der Waals surface area contributed by atoms with E-state index in [0.717, 1.165) is 12.0 Å². The van der Waals surface area contributed by atoms with E-state index in [1.54, 1.807) is 0 Å². The summed E-state index contributed by atoms with van der Waals surface area (Å²) in [6.45, 7) is 9.73. The minimum Gasteiger partial charge on any atom is -0.457 e. The maximum Gasteiger partial charge on any atom is 0.303 e. The monoisotopic (exact) mass is 493 g/mol. The highest BCUT2D eigenvalue weighted by molar-refractivity contribution is 5.89. The molecule has 2 fully saturated rings. The van der Waals surface area contributed by atoms with Crippen molar-refractivity contribution in [1.82, 2.24) is 5.32 Å². The lowest BCUT2D eigenvalue weighted by Gasteiger charge is -2.52. The number of hydrogen-bond donors (Lipinski definition) is 3. The molecule has 0 radical (unpaired) electrons. The first-order valence-electron chi connectivity index (χ1n) is 13.0. The average molecular weight is 494 g/mol. The molecule has 1 aliphatic heterocycles. The van der Waals surface area contributed by atoms with Gasteiger partial charge in [-0.15, -0.1) is 0 Å². The van der Waals surface area contributed by atoms with E-state index in [9.17, 15) is 19.8 Å². The molecule has 6 heteroatoms. The number of rotatable bonds is 4. The van der Waals surface area contributed by atoms with Gasteiger partial charge in [0.25, 0.3) is 0 Å². The largest absolute Gasteiger partial charge is 0.457 e. The van der Waals surface area contributed by atoms with E-state index in [4.69, 9.17) is 4.74 Å². The summed E-state index contributed by atoms with van der Waals surface area (Å²) in [6, 6.07) is 9.81. The number of esters is 1. The van der Waals surface area contributed by atoms with Crippen LogP contribution in [0.2, 0.25) is 0 Å². The Morgan fingerprint density at radius 2 is 1.92 bits per heavy atom. The molecule has 0 aromatic heterocycles. The molecule has 6 nitrogen and oxygen atoms in total. The summed E-state index contributed by atoms with van der Waals surface area (Å²) in [6.07, 6.45) is 7.91. The number of nitrogens with one attached hydrogen (secondary N) is 1. The third-order valence-corrected chi connectivity index (χ3v) is 8.54. The molecule has 3 N–H and O–H groups in total. The summed E-state index contributed by atoms with van der Waals surface area (Å²) in [7, 11) is 0. The first-order valence-corrected chi connectivity index (χ1v) is 13.0. The first kappa shape index (κ1) is 26.4. The summed E-state index contributed by atoms with van der Waals surface area (Å²) >= 11 is 0. The number of benzene rings is 1. The summed E-state index contributed by atoms with van der Waals surface area (Å²) in [5, 5.41) is 24.7. The number of ether oxygens (including phenoxy) is 1. The van der Waals surface area contributed by atoms with E-state index in [0.29, 0.717) is 18.4 Å². The summed E-state index contributed by atoms with van der Waals surface area (Å²) in [5.74, 6) is -1.57. The molecular weight excluding hydrogens is 454 g/mol. The smallest absolute Gasteiger partial charge is 0.303 e. The van der Waals surface area contributed by atoms with Gasteiger partial charge in [0.05, 0.1) is 6.10 Å². The van der Waals surface area contributed by atoms with Crippen LogP contribution in [0.5, 0.6) is 0 Å². The minimum absolute atomic E-state index is 0.0558. The van der Waals surface area contributed by atoms with Crippen LogP contribution >= 0.6 is 0 Å². The molecule has 36 heavy (non-hydrogen) atoms. The lowest BCUT2D eigenvalue weighted by atomic mass is 9.51. The van der Waals surface area contributed by atoms with Gasteiger partial charge in [-0.3, -0.25) is 9.59 Å². The number of carbonyl (C=O) groups excluding carboxylic acids is 2. The van der Waals surface area contributed by atoms with Crippen LogP contribution in [0.4, 0.5) is 0 Å². The highest BCUT2D eigenvalue weighted by atomic mass is 16.5. The molecule has 1 heterocycles. The van der Waals surface area contributed by atoms with Crippen LogP contribution in [0, 0.1) is 35.0 Å². The third-order valence-electron chi connectivity index (χ3n) is 8.54. The fraction of sp³-hybridized carbons (Fsp3) is 0.533. The van der Waals surface area contributed by atoms with Gasteiger partial charge in [0, 0.05) is 31.4 Å². The predicted octanol–water partition coefficient (Wildman–Crippen LogP) is 3.60. The minimum atomic E-state index is -1.20. The van der Waals surface area contributed by atoms with Crippen LogP contribution < -0.4 is 5.32 Å². The van der Waals surface area contributed by atoms with Crippen molar-refractivity contribution in [3.63, 3.8) is 0 Å². The number of aliphatic hydroxyl groups is 2. The molecule has 1 amide bonds. The van der Waals surface area contributed by atoms with Crippen molar-refractivity contribution >= 4 is 11.9 Å². The fourth-order valence-electron chi connectivity index (χ4n) is 6.85. The average Bonchev–Trinajstić information content (AvgIpc) is 3.12. The van der Waals surface area contributed by atoms with Crippen molar-refractivity contribution in [3.8, 4) is 0 Å². The Hall–Kier alpha value is -2.70. The van der Waals surface area contributed by atoms with Gasteiger partial charge < -0.3 is 20.3 Å². The second-order valence-corrected chi connectivity index (χ2v) is 10.9. The van der Waals surface area contributed by atoms with E-state index in [1.807, 2.05) is 61.6 Å². The fourth-order valence-corrected chi connectivity index (χ4v) is 6.85. The maximum absolute atomic E-state index is 14.2. The van der Waals surface area contributed by atoms with Gasteiger partial charge in [0.2, 0.25) is 5.91 Å². The van der Waals surface area contributed by atoms with Crippen LogP contribution in [-0.4, -0.2) is 46.9 Å². The highest BCUT2D eigenvalue weighted by Gasteiger charge is 2.68. The van der Waals surface area contributed by atoms with Crippen molar-refractivity contribution in [2.75, 3.05) is 6.61 Å². The lowest BCUT2D eigenvalue weighted by molar-refractivity contribution is -0.166. The molecule has 1 saturated carbocycles. The zero-order valence-electron chi connectivity index (χ0n) is 21.5. The molecular formula is C30H39NO5. The van der Waals surface area contributed by atoms with Crippen molar-refractivity contribution in [2.45, 2.75) is 58.3 Å². The Morgan fingerprint density at radius 1 is 1.19 bits per heavy atom. The van der Waals surface area contributed by atoms with Gasteiger partial charge in [-0.25, -0.2) is 0 Å². The number of carbonyl (C=O) groups is 2. The Balaban J connectivity index is 1.90. The Morgan fingerprint density at radius 3 is 2.58 bits per heavy atom. The number of hydrogen-bond acceptors (Lipinski definition) is 5. The molecule has 0 unspecified atom stereocenters. The lowest BCUT2D eigenvalue weighted by Crippen LogP contribution is -2.60. The zero-order valence-corrected chi connectivity index (χ0v) is 21.5. The van der Waals surface area contributed by atoms with E-state index in [1.165, 1.54) is 6.92 Å². The summed E-state index contributed by atoms with van der Waals surface area (Å²) in [5.41, 5.74) is 0.593. The summed E-state index contributed by atoms with van der Waals surface area (Å²) in [4.78, 5) is 26.5. The molecule has 194 valence electrons. The number of aliphatic hydroxyl groups excluding tert-OH is 2. The van der Waals surface area contributed by atoms with Crippen molar-refractivity contribution in [2.24, 2.45) is 35.0 Å². The summed E-state index contributed by atoms with van der Waals surface area (Å²) < 4.78 is 5.93. The SMILES string of the molecule is C=C1[C@@H](C)[C@H]2[C@H](Cc3ccccc3)NC(=O)[C@]23[C@H](OC(C)=O)/C=C/[C@@H](C)C[C@@H](CO)C/C=C/[C@H]3[C@@H]1O. The Bertz CT molecular complexity index is 1030. The normalized spacial score (nSPS) is 40.2. The molecule has 2 aliphatic carbocycles. The Kier molecular flexibility index (Phi) is 7.86. The highest BCUT2D eigenvalue weighted by Crippen LogP contribution is 2.58. The van der Waals surface area contributed by atoms with Crippen molar-refractivity contribution in [1.29, 1.82) is 0 Å². The molecule has 1 aromatic rings. The van der Waals surface area contributed by atoms with E-state index in [-0.39, 0.29) is 42.2 Å². The predicted molar refractivity (Wildman–Crippen MR) is 139 cm³/mol. The molecule has 9 atom stereocenters. The quantitative estimate of drug-likeness (QED) is 0.440. The molecule has 1 aromatic carbocycles. The Labute approximate surface area is 214 Å². The molecule has 1 saturated heterocycles. The van der Waals surface area contributed by atoms with Gasteiger partial charge in [-0.2, -0.15) is 0 Å². The van der Waals surface area contributed by atoms with Gasteiger partial charge in [0.1, 0.15) is 11.5 Å². The van der Waals surface area contributed by atoms with Gasteiger partial charge in [0.15, 0.2) is 0 Å². The second-order valence-electron chi connectivity index (χ2n) is 10.9. The second kappa shape index (κ2) is 10.7. The maximum atomic E-state index is 14.2. The first-order chi connectivity index (χ1) is 17.2. The van der Waals surface area contributed by atoms with Crippen LogP contribution in [0.3, 0.4) is 0 Å². The van der Waals surface area contributed by atoms with Crippen LogP contribution in [-0.2, 0) is 20.7 Å². The van der Waals surface area contributed by atoms with Crippen LogP contribution in [0.15, 0.2) is 66.8 Å². The van der Waals surface area contributed by atoms with E-state index in [2.05, 4.69) is 18.8 Å². The molecule has 4 rings (SSSR count). The van der Waals surface area contributed by atoms with Gasteiger partial charge in [-0.05, 0) is 54.2 Å². The van der Waals surface area contributed by atoms with Crippen LogP contribution in [0.1, 0.15) is 39.2 Å². The standard InChI is InChI=1S/C30H39NO5/c1-18-13-14-26(36-21(4)33)30-24(12-8-11-23(15-18)17-32)28(34)20(3)19(2)27(30)25(31-29(30)35)16-22-9-6-5-7-10-22/h5-10,12-14,18-19,23-28,32,34H,3,11,15-17H2,1-2,4H3,(H,31,35)/b12-8+,14-13+/t18-,19-,23+,24+,25+,26-,27+,28-,30-/m1/s1.